The van der Waals surface area contributed by atoms with Crippen LogP contribution in [0.4, 0.5) is 5.82 Å². The predicted molar refractivity (Wildman–Crippen MR) is 88.3 cm³/mol. The molecule has 0 saturated carbocycles. The van der Waals surface area contributed by atoms with E-state index in [1.54, 1.807) is 17.9 Å². The van der Waals surface area contributed by atoms with Crippen molar-refractivity contribution < 1.29 is 0 Å². The lowest BCUT2D eigenvalue weighted by molar-refractivity contribution is 0.978. The van der Waals surface area contributed by atoms with Gasteiger partial charge in [-0.15, -0.1) is 11.3 Å². The van der Waals surface area contributed by atoms with E-state index in [0.29, 0.717) is 16.6 Å². The lowest BCUT2D eigenvalue weighted by atomic mass is 10.3. The molecule has 0 radical (unpaired) electrons. The predicted octanol–water partition coefficient (Wildman–Crippen LogP) is 2.45. The van der Waals surface area contributed by atoms with Crippen molar-refractivity contribution in [2.45, 2.75) is 6.92 Å². The summed E-state index contributed by atoms with van der Waals surface area (Å²) >= 11 is 6.66. The van der Waals surface area contributed by atoms with E-state index in [1.165, 1.54) is 11.3 Å². The van der Waals surface area contributed by atoms with E-state index in [2.05, 4.69) is 30.6 Å². The van der Waals surface area contributed by atoms with Crippen molar-refractivity contribution in [1.29, 1.82) is 0 Å². The third-order valence-corrected chi connectivity index (χ3v) is 3.71. The first kappa shape index (κ1) is 13.8. The normalized spacial score (nSPS) is 10.5. The summed E-state index contributed by atoms with van der Waals surface area (Å²) in [6.07, 6.45) is 3.50. The Balaban J connectivity index is 1.94. The molecule has 0 aliphatic rings. The van der Waals surface area contributed by atoms with Crippen LogP contribution in [0.2, 0.25) is 0 Å². The Labute approximate surface area is 130 Å². The Morgan fingerprint density at radius 1 is 1.29 bits per heavy atom. The minimum atomic E-state index is 0.538. The highest BCUT2D eigenvalue weighted by Crippen LogP contribution is 2.22. The van der Waals surface area contributed by atoms with Crippen LogP contribution in [0, 0.1) is 0 Å². The summed E-state index contributed by atoms with van der Waals surface area (Å²) in [5.74, 6) is 0.643. The average molecular weight is 316 g/mol. The first-order chi connectivity index (χ1) is 10.3. The maximum atomic E-state index is 5.14. The van der Waals surface area contributed by atoms with Crippen molar-refractivity contribution in [2.24, 2.45) is 0 Å². The molecule has 0 amide bonds. The summed E-state index contributed by atoms with van der Waals surface area (Å²) in [5, 5.41) is 6.57. The van der Waals surface area contributed by atoms with E-state index < -0.39 is 0 Å². The maximum Gasteiger partial charge on any atom is 0.180 e. The van der Waals surface area contributed by atoms with Crippen LogP contribution in [0.25, 0.3) is 21.7 Å². The van der Waals surface area contributed by atoms with Gasteiger partial charge in [0.05, 0.1) is 16.6 Å². The van der Waals surface area contributed by atoms with Gasteiger partial charge in [-0.25, -0.2) is 9.97 Å². The van der Waals surface area contributed by atoms with Gasteiger partial charge in [-0.05, 0) is 31.3 Å². The molecule has 0 unspecified atom stereocenters. The standard InChI is InChI=1S/C13H12N6S2/c1-2-15-13(20)19-11-4-3-8-12(18-11)17-9(5-16-8)10-6-14-7-21-10/h3-7H,2H2,1H3,(H2,15,17,18,19,20). The van der Waals surface area contributed by atoms with Crippen LogP contribution in [0.5, 0.6) is 0 Å². The Morgan fingerprint density at radius 3 is 2.95 bits per heavy atom. The fourth-order valence-electron chi connectivity index (χ4n) is 1.75. The van der Waals surface area contributed by atoms with Gasteiger partial charge in [0.15, 0.2) is 10.8 Å². The van der Waals surface area contributed by atoms with Gasteiger partial charge in [0.2, 0.25) is 0 Å². The first-order valence-electron chi connectivity index (χ1n) is 6.34. The number of pyridine rings is 1. The molecule has 0 spiro atoms. The minimum absolute atomic E-state index is 0.538. The van der Waals surface area contributed by atoms with Crippen molar-refractivity contribution in [3.63, 3.8) is 0 Å². The monoisotopic (exact) mass is 316 g/mol. The number of rotatable bonds is 3. The molecule has 21 heavy (non-hydrogen) atoms. The molecule has 0 aliphatic heterocycles. The quantitative estimate of drug-likeness (QED) is 0.719. The third-order valence-electron chi connectivity index (χ3n) is 2.67. The number of fused-ring (bicyclic) bond motifs is 1. The zero-order valence-corrected chi connectivity index (χ0v) is 12.8. The zero-order chi connectivity index (χ0) is 14.7. The second-order valence-electron chi connectivity index (χ2n) is 4.14. The van der Waals surface area contributed by atoms with Gasteiger partial charge in [-0.3, -0.25) is 9.97 Å². The Morgan fingerprint density at radius 2 is 2.19 bits per heavy atom. The molecule has 0 atom stereocenters. The molecule has 3 aromatic heterocycles. The van der Waals surface area contributed by atoms with E-state index >= 15 is 0 Å². The summed E-state index contributed by atoms with van der Waals surface area (Å²) in [6.45, 7) is 2.74. The van der Waals surface area contributed by atoms with Crippen LogP contribution in [0.15, 0.2) is 30.0 Å². The second kappa shape index (κ2) is 6.06. The number of nitrogens with one attached hydrogen (secondary N) is 2. The van der Waals surface area contributed by atoms with Crippen LogP contribution in [-0.4, -0.2) is 31.6 Å². The van der Waals surface area contributed by atoms with Gasteiger partial charge >= 0.3 is 0 Å². The molecule has 8 heteroatoms. The van der Waals surface area contributed by atoms with Crippen molar-refractivity contribution in [3.8, 4) is 10.6 Å². The lowest BCUT2D eigenvalue weighted by Crippen LogP contribution is -2.28. The number of hydrogen-bond donors (Lipinski definition) is 2. The van der Waals surface area contributed by atoms with E-state index in [9.17, 15) is 0 Å². The van der Waals surface area contributed by atoms with Gasteiger partial charge in [0.25, 0.3) is 0 Å². The Bertz CT molecular complexity index is 771. The van der Waals surface area contributed by atoms with Crippen molar-refractivity contribution in [3.05, 3.63) is 30.0 Å². The number of hydrogen-bond acceptors (Lipinski definition) is 6. The molecular weight excluding hydrogens is 304 g/mol. The number of aromatic nitrogens is 4. The van der Waals surface area contributed by atoms with Gasteiger partial charge in [-0.1, -0.05) is 0 Å². The molecule has 3 heterocycles. The molecule has 2 N–H and O–H groups in total. The highest BCUT2D eigenvalue weighted by molar-refractivity contribution is 7.80. The highest BCUT2D eigenvalue weighted by Gasteiger charge is 2.06. The van der Waals surface area contributed by atoms with E-state index in [0.717, 1.165) is 22.6 Å². The smallest absolute Gasteiger partial charge is 0.180 e. The number of anilines is 1. The van der Waals surface area contributed by atoms with Crippen LogP contribution in [-0.2, 0) is 0 Å². The van der Waals surface area contributed by atoms with Crippen molar-refractivity contribution >= 4 is 45.6 Å². The first-order valence-corrected chi connectivity index (χ1v) is 7.62. The van der Waals surface area contributed by atoms with E-state index in [1.807, 2.05) is 19.1 Å². The van der Waals surface area contributed by atoms with Gasteiger partial charge < -0.3 is 10.6 Å². The van der Waals surface area contributed by atoms with Crippen LogP contribution in [0.3, 0.4) is 0 Å². The molecule has 3 aromatic rings. The molecule has 0 saturated heterocycles. The van der Waals surface area contributed by atoms with Gasteiger partial charge in [0, 0.05) is 12.7 Å². The van der Waals surface area contributed by atoms with Crippen molar-refractivity contribution in [1.82, 2.24) is 25.3 Å². The van der Waals surface area contributed by atoms with Gasteiger partial charge in [-0.2, -0.15) is 0 Å². The van der Waals surface area contributed by atoms with Crippen LogP contribution >= 0.6 is 23.6 Å². The van der Waals surface area contributed by atoms with Gasteiger partial charge in [0.1, 0.15) is 17.0 Å². The SMILES string of the molecule is CCNC(=S)Nc1ccc2ncc(-c3cncs3)nc2n1. The molecule has 6 nitrogen and oxygen atoms in total. The number of thiazole rings is 1. The maximum absolute atomic E-state index is 5.14. The molecule has 0 fully saturated rings. The molecule has 0 bridgehead atoms. The largest absolute Gasteiger partial charge is 0.363 e. The summed E-state index contributed by atoms with van der Waals surface area (Å²) in [6, 6.07) is 3.69. The molecule has 0 aromatic carbocycles. The minimum Gasteiger partial charge on any atom is -0.363 e. The Kier molecular flexibility index (Phi) is 3.98. The summed E-state index contributed by atoms with van der Waals surface area (Å²) in [4.78, 5) is 18.4. The second-order valence-corrected chi connectivity index (χ2v) is 5.44. The van der Waals surface area contributed by atoms with Crippen LogP contribution in [0.1, 0.15) is 6.92 Å². The molecule has 3 rings (SSSR count). The number of nitrogens with zero attached hydrogens (tertiary/aromatic N) is 4. The van der Waals surface area contributed by atoms with Crippen LogP contribution < -0.4 is 10.6 Å². The molecule has 106 valence electrons. The van der Waals surface area contributed by atoms with Crippen molar-refractivity contribution in [2.75, 3.05) is 11.9 Å². The van der Waals surface area contributed by atoms with E-state index in [-0.39, 0.29) is 0 Å². The third kappa shape index (κ3) is 3.11. The summed E-state index contributed by atoms with van der Waals surface area (Å²) in [5.41, 5.74) is 3.85. The number of thiocarbonyl (C=S) groups is 1. The fourth-order valence-corrected chi connectivity index (χ4v) is 2.57. The Hall–Kier alpha value is -2.19. The highest BCUT2D eigenvalue weighted by atomic mass is 32.1. The molecular formula is C13H12N6S2. The van der Waals surface area contributed by atoms with E-state index in [4.69, 9.17) is 12.2 Å². The topological polar surface area (TPSA) is 75.6 Å². The summed E-state index contributed by atoms with van der Waals surface area (Å²) in [7, 11) is 0. The average Bonchev–Trinajstić information content (AvgIpc) is 3.01. The zero-order valence-electron chi connectivity index (χ0n) is 11.2. The fraction of sp³-hybridized carbons (Fsp3) is 0.154. The molecule has 0 aliphatic carbocycles. The lowest BCUT2D eigenvalue weighted by Gasteiger charge is -2.08. The summed E-state index contributed by atoms with van der Waals surface area (Å²) < 4.78 is 0.